The van der Waals surface area contributed by atoms with E-state index < -0.39 is 19.9 Å². The minimum Gasteiger partial charge on any atom is -0.340 e. The first-order valence-corrected chi connectivity index (χ1v) is 13.3. The molecule has 1 aromatic heterocycles. The molecule has 1 saturated heterocycles. The fourth-order valence-electron chi connectivity index (χ4n) is 2.88. The van der Waals surface area contributed by atoms with E-state index in [0.717, 1.165) is 11.3 Å². The minimum absolute atomic E-state index is 0.111. The molecule has 12 heteroatoms. The fraction of sp³-hybridized carbons (Fsp3) is 0.353. The van der Waals surface area contributed by atoms with Crippen molar-refractivity contribution >= 4 is 60.3 Å². The van der Waals surface area contributed by atoms with Crippen LogP contribution < -0.4 is 0 Å². The summed E-state index contributed by atoms with van der Waals surface area (Å²) in [6, 6.07) is 8.76. The Labute approximate surface area is 183 Å². The number of amides is 1. The van der Waals surface area contributed by atoms with Crippen LogP contribution in [0, 0.1) is 0 Å². The van der Waals surface area contributed by atoms with Crippen LogP contribution in [0.4, 0.5) is 0 Å². The Bertz CT molecular complexity index is 1090. The van der Waals surface area contributed by atoms with Gasteiger partial charge in [0.1, 0.15) is 4.21 Å². The first-order chi connectivity index (χ1) is 13.6. The Balaban J connectivity index is 1.55. The molecule has 158 valence electrons. The topological polar surface area (TPSA) is 91.8 Å². The van der Waals surface area contributed by atoms with Crippen LogP contribution in [-0.2, 0) is 24.7 Å². The van der Waals surface area contributed by atoms with Crippen LogP contribution in [0.2, 0.25) is 9.36 Å². The average molecular weight is 497 g/mol. The number of carbonyl (C=O) groups is 1. The van der Waals surface area contributed by atoms with E-state index in [4.69, 9.17) is 23.2 Å². The molecule has 2 heterocycles. The summed E-state index contributed by atoms with van der Waals surface area (Å²) in [6.07, 6.45) is -0.168. The van der Waals surface area contributed by atoms with Gasteiger partial charge in [0.05, 0.1) is 15.0 Å². The zero-order valence-electron chi connectivity index (χ0n) is 15.1. The van der Waals surface area contributed by atoms with E-state index >= 15 is 0 Å². The van der Waals surface area contributed by atoms with Crippen molar-refractivity contribution in [1.82, 2.24) is 9.21 Å². The highest BCUT2D eigenvalue weighted by Gasteiger charge is 2.31. The maximum atomic E-state index is 12.6. The molecule has 0 radical (unpaired) electrons. The number of carbonyl (C=O) groups excluding carboxylic acids is 1. The molecule has 0 bridgehead atoms. The molecule has 1 amide bonds. The molecule has 1 fully saturated rings. The average Bonchev–Trinajstić information content (AvgIpc) is 3.14. The van der Waals surface area contributed by atoms with Gasteiger partial charge in [-0.05, 0) is 36.4 Å². The molecule has 1 aromatic carbocycles. The Morgan fingerprint density at radius 1 is 0.931 bits per heavy atom. The summed E-state index contributed by atoms with van der Waals surface area (Å²) in [5.41, 5.74) is 0. The third kappa shape index (κ3) is 5.31. The molecular formula is C17H18Cl2N2O5S3. The van der Waals surface area contributed by atoms with Crippen molar-refractivity contribution in [3.8, 4) is 0 Å². The van der Waals surface area contributed by atoms with Crippen molar-refractivity contribution < 1.29 is 21.6 Å². The van der Waals surface area contributed by atoms with E-state index in [9.17, 15) is 21.6 Å². The van der Waals surface area contributed by atoms with Crippen LogP contribution in [0.3, 0.4) is 0 Å². The van der Waals surface area contributed by atoms with Crippen molar-refractivity contribution in [1.29, 1.82) is 0 Å². The highest BCUT2D eigenvalue weighted by molar-refractivity contribution is 7.91. The van der Waals surface area contributed by atoms with E-state index in [-0.39, 0.29) is 53.4 Å². The second-order valence-electron chi connectivity index (χ2n) is 6.37. The van der Waals surface area contributed by atoms with Gasteiger partial charge in [0, 0.05) is 37.6 Å². The van der Waals surface area contributed by atoms with Crippen LogP contribution >= 0.6 is 34.5 Å². The molecule has 0 N–H and O–H groups in total. The molecule has 0 atom stereocenters. The number of hydrogen-bond donors (Lipinski definition) is 0. The van der Waals surface area contributed by atoms with Gasteiger partial charge in [-0.1, -0.05) is 23.2 Å². The highest BCUT2D eigenvalue weighted by Crippen LogP contribution is 2.28. The SMILES string of the molecule is O=C(CCS(=O)(=O)c1ccc(Cl)cc1)N1CCN(S(=O)(=O)c2ccc(Cl)s2)CC1. The Morgan fingerprint density at radius 3 is 2.10 bits per heavy atom. The minimum atomic E-state index is -3.64. The largest absolute Gasteiger partial charge is 0.340 e. The van der Waals surface area contributed by atoms with E-state index in [1.165, 1.54) is 45.6 Å². The van der Waals surface area contributed by atoms with Crippen LogP contribution in [0.15, 0.2) is 45.5 Å². The van der Waals surface area contributed by atoms with Gasteiger partial charge < -0.3 is 4.90 Å². The lowest BCUT2D eigenvalue weighted by Crippen LogP contribution is -2.50. The molecule has 0 saturated carbocycles. The van der Waals surface area contributed by atoms with Crippen LogP contribution in [0.1, 0.15) is 6.42 Å². The van der Waals surface area contributed by atoms with Crippen LogP contribution in [0.25, 0.3) is 0 Å². The molecular weight excluding hydrogens is 479 g/mol. The molecule has 29 heavy (non-hydrogen) atoms. The maximum absolute atomic E-state index is 12.6. The Morgan fingerprint density at radius 2 is 1.55 bits per heavy atom. The van der Waals surface area contributed by atoms with Crippen molar-refractivity contribution in [2.45, 2.75) is 15.5 Å². The summed E-state index contributed by atoms with van der Waals surface area (Å²) in [5.74, 6) is -0.640. The molecule has 0 aliphatic carbocycles. The summed E-state index contributed by atoms with van der Waals surface area (Å²) in [6.45, 7) is 0.706. The second-order valence-corrected chi connectivity index (χ2v) is 12.8. The van der Waals surface area contributed by atoms with Crippen molar-refractivity contribution in [3.63, 3.8) is 0 Å². The molecule has 7 nitrogen and oxygen atoms in total. The third-order valence-electron chi connectivity index (χ3n) is 4.49. The quantitative estimate of drug-likeness (QED) is 0.612. The van der Waals surface area contributed by atoms with Crippen LogP contribution in [0.5, 0.6) is 0 Å². The number of halogens is 2. The Hall–Kier alpha value is -1.17. The normalized spacial score (nSPS) is 16.1. The number of thiophene rings is 1. The summed E-state index contributed by atoms with van der Waals surface area (Å²) < 4.78 is 51.8. The summed E-state index contributed by atoms with van der Waals surface area (Å²) in [4.78, 5) is 14.0. The standard InChI is InChI=1S/C17H18Cl2N2O5S3/c18-13-1-3-14(4-2-13)28(23,24)12-7-16(22)20-8-10-21(11-9-20)29(25,26)17-6-5-15(19)27-17/h1-6H,7-12H2. The first-order valence-electron chi connectivity index (χ1n) is 8.61. The fourth-order valence-corrected chi connectivity index (χ4v) is 7.30. The second kappa shape index (κ2) is 8.91. The zero-order chi connectivity index (χ0) is 21.2. The molecule has 1 aliphatic heterocycles. The maximum Gasteiger partial charge on any atom is 0.252 e. The summed E-state index contributed by atoms with van der Waals surface area (Å²) in [7, 11) is -7.24. The monoisotopic (exact) mass is 496 g/mol. The molecule has 1 aliphatic rings. The number of nitrogens with zero attached hydrogens (tertiary/aromatic N) is 2. The van der Waals surface area contributed by atoms with Gasteiger partial charge in [-0.15, -0.1) is 11.3 Å². The Kier molecular flexibility index (Phi) is 6.91. The molecule has 3 rings (SSSR count). The number of piperazine rings is 1. The van der Waals surface area contributed by atoms with Gasteiger partial charge in [-0.2, -0.15) is 4.31 Å². The molecule has 2 aromatic rings. The number of sulfonamides is 1. The smallest absolute Gasteiger partial charge is 0.252 e. The number of hydrogen-bond acceptors (Lipinski definition) is 6. The lowest BCUT2D eigenvalue weighted by atomic mass is 10.3. The van der Waals surface area contributed by atoms with Gasteiger partial charge in [0.2, 0.25) is 5.91 Å². The van der Waals surface area contributed by atoms with Crippen molar-refractivity contribution in [3.05, 3.63) is 45.8 Å². The number of benzene rings is 1. The van der Waals surface area contributed by atoms with E-state index in [1.54, 1.807) is 0 Å². The summed E-state index contributed by atoms with van der Waals surface area (Å²) >= 11 is 12.6. The predicted molar refractivity (Wildman–Crippen MR) is 113 cm³/mol. The van der Waals surface area contributed by atoms with Gasteiger partial charge in [-0.3, -0.25) is 4.79 Å². The van der Waals surface area contributed by atoms with E-state index in [0.29, 0.717) is 9.36 Å². The van der Waals surface area contributed by atoms with E-state index in [2.05, 4.69) is 0 Å². The number of sulfone groups is 1. The van der Waals surface area contributed by atoms with Gasteiger partial charge in [0.25, 0.3) is 10.0 Å². The zero-order valence-corrected chi connectivity index (χ0v) is 19.1. The number of rotatable bonds is 6. The molecule has 0 spiro atoms. The first kappa shape index (κ1) is 22.5. The predicted octanol–water partition coefficient (Wildman–Crippen LogP) is 2.75. The van der Waals surface area contributed by atoms with Crippen molar-refractivity contribution in [2.75, 3.05) is 31.9 Å². The van der Waals surface area contributed by atoms with Gasteiger partial charge >= 0.3 is 0 Å². The van der Waals surface area contributed by atoms with E-state index in [1.807, 2.05) is 0 Å². The lowest BCUT2D eigenvalue weighted by molar-refractivity contribution is -0.131. The van der Waals surface area contributed by atoms with Gasteiger partial charge in [0.15, 0.2) is 9.84 Å². The van der Waals surface area contributed by atoms with Gasteiger partial charge in [-0.25, -0.2) is 16.8 Å². The van der Waals surface area contributed by atoms with Crippen molar-refractivity contribution in [2.24, 2.45) is 0 Å². The molecule has 0 unspecified atom stereocenters. The van der Waals surface area contributed by atoms with Crippen LogP contribution in [-0.4, -0.2) is 63.9 Å². The highest BCUT2D eigenvalue weighted by atomic mass is 35.5. The summed E-state index contributed by atoms with van der Waals surface area (Å²) in [5, 5.41) is 0.428. The lowest BCUT2D eigenvalue weighted by Gasteiger charge is -2.33. The third-order valence-corrected chi connectivity index (χ3v) is 10.1.